The molecule has 1 rings (SSSR count). The Morgan fingerprint density at radius 2 is 1.75 bits per heavy atom. The van der Waals surface area contributed by atoms with Crippen molar-refractivity contribution in [3.05, 3.63) is 35.4 Å². The van der Waals surface area contributed by atoms with Crippen molar-refractivity contribution >= 4 is 11.6 Å². The van der Waals surface area contributed by atoms with Gasteiger partial charge in [-0.2, -0.15) is 30.3 Å². The summed E-state index contributed by atoms with van der Waals surface area (Å²) in [7, 11) is 0. The molecule has 1 aromatic carbocycles. The molecule has 0 saturated heterocycles. The van der Waals surface area contributed by atoms with Gasteiger partial charge in [-0.1, -0.05) is 5.02 Å². The van der Waals surface area contributed by atoms with Crippen LogP contribution in [0, 0.1) is 6.07 Å². The maximum Gasteiger partial charge on any atom is 0 e. The standard InChI is InChI=1S/C6H4Cl.Y/c7-6-4-2-1-3-5-6;/h2-5H;/q-1;. The molecule has 2 heteroatoms. The van der Waals surface area contributed by atoms with Crippen LogP contribution in [0.2, 0.25) is 5.02 Å². The fourth-order valence-electron chi connectivity index (χ4n) is 0.367. The zero-order chi connectivity index (χ0) is 5.11. The summed E-state index contributed by atoms with van der Waals surface area (Å²) >= 11 is 5.52. The summed E-state index contributed by atoms with van der Waals surface area (Å²) in [4.78, 5) is 0. The van der Waals surface area contributed by atoms with E-state index in [9.17, 15) is 0 Å². The van der Waals surface area contributed by atoms with E-state index in [1.807, 2.05) is 0 Å². The first-order valence-electron chi connectivity index (χ1n) is 2.01. The summed E-state index contributed by atoms with van der Waals surface area (Å²) in [6.07, 6.45) is 0. The van der Waals surface area contributed by atoms with Crippen molar-refractivity contribution in [1.82, 2.24) is 0 Å². The van der Waals surface area contributed by atoms with E-state index in [2.05, 4.69) is 6.07 Å². The minimum atomic E-state index is 0. The van der Waals surface area contributed by atoms with E-state index >= 15 is 0 Å². The number of rotatable bonds is 0. The van der Waals surface area contributed by atoms with Gasteiger partial charge in [-0.05, 0) is 0 Å². The Labute approximate surface area is 79.1 Å². The molecule has 0 saturated carbocycles. The Morgan fingerprint density at radius 3 is 2.00 bits per heavy atom. The Kier molecular flexibility index (Phi) is 4.83. The molecule has 0 spiro atoms. The van der Waals surface area contributed by atoms with Gasteiger partial charge in [-0.25, -0.2) is 0 Å². The van der Waals surface area contributed by atoms with Gasteiger partial charge in [0.1, 0.15) is 0 Å². The van der Waals surface area contributed by atoms with E-state index in [1.165, 1.54) is 0 Å². The van der Waals surface area contributed by atoms with Crippen LogP contribution >= 0.6 is 11.6 Å². The molecule has 8 heavy (non-hydrogen) atoms. The third kappa shape index (κ3) is 2.81. The predicted octanol–water partition coefficient (Wildman–Crippen LogP) is 2.14. The number of benzene rings is 1. The van der Waals surface area contributed by atoms with Gasteiger partial charge in [0.25, 0.3) is 0 Å². The number of hydrogen-bond acceptors (Lipinski definition) is 0. The van der Waals surface area contributed by atoms with Crippen LogP contribution in [0.4, 0.5) is 0 Å². The second-order valence-corrected chi connectivity index (χ2v) is 1.65. The third-order valence-corrected chi connectivity index (χ3v) is 0.930. The molecule has 0 aromatic heterocycles. The minimum absolute atomic E-state index is 0. The van der Waals surface area contributed by atoms with Gasteiger partial charge in [0.2, 0.25) is 0 Å². The molecule has 39 valence electrons. The normalized spacial score (nSPS) is 7.62. The van der Waals surface area contributed by atoms with Crippen LogP contribution < -0.4 is 0 Å². The van der Waals surface area contributed by atoms with Gasteiger partial charge in [-0.3, -0.25) is 0 Å². The van der Waals surface area contributed by atoms with Crippen LogP contribution in [0.5, 0.6) is 0 Å². The molecule has 0 nitrogen and oxygen atoms in total. The Hall–Kier alpha value is 0.614. The molecule has 0 atom stereocenters. The van der Waals surface area contributed by atoms with E-state index in [-0.39, 0.29) is 32.7 Å². The largest absolute Gasteiger partial charge is 0.184 e. The topological polar surface area (TPSA) is 0 Å². The van der Waals surface area contributed by atoms with Gasteiger partial charge >= 0.3 is 0 Å². The molecule has 0 N–H and O–H groups in total. The third-order valence-electron chi connectivity index (χ3n) is 0.678. The number of hydrogen-bond donors (Lipinski definition) is 0. The molecule has 0 bridgehead atoms. The first-order valence-corrected chi connectivity index (χ1v) is 2.39. The smallest absolute Gasteiger partial charge is 0 e. The molecular formula is C6H4ClY-. The molecular weight excluding hydrogens is 196 g/mol. The van der Waals surface area contributed by atoms with E-state index in [1.54, 1.807) is 24.3 Å². The zero-order valence-corrected chi connectivity index (χ0v) is 7.86. The molecule has 0 unspecified atom stereocenters. The Morgan fingerprint density at radius 1 is 1.25 bits per heavy atom. The maximum absolute atomic E-state index is 5.52. The van der Waals surface area contributed by atoms with E-state index < -0.39 is 0 Å². The van der Waals surface area contributed by atoms with Crippen molar-refractivity contribution in [2.45, 2.75) is 0 Å². The summed E-state index contributed by atoms with van der Waals surface area (Å²) in [5, 5.41) is 0.763. The van der Waals surface area contributed by atoms with Crippen molar-refractivity contribution < 1.29 is 32.7 Å². The van der Waals surface area contributed by atoms with Crippen LogP contribution in [-0.4, -0.2) is 0 Å². The molecule has 1 aromatic rings. The van der Waals surface area contributed by atoms with Gasteiger partial charge in [-0.15, -0.1) is 11.6 Å². The zero-order valence-electron chi connectivity index (χ0n) is 4.26. The first-order chi connectivity index (χ1) is 3.39. The van der Waals surface area contributed by atoms with E-state index in [0.29, 0.717) is 0 Å². The fourth-order valence-corrected chi connectivity index (χ4v) is 0.493. The van der Waals surface area contributed by atoms with Crippen LogP contribution in [0.15, 0.2) is 24.3 Å². The van der Waals surface area contributed by atoms with Gasteiger partial charge in [0.15, 0.2) is 0 Å². The number of halogens is 1. The fraction of sp³-hybridized carbons (Fsp3) is 0. The summed E-state index contributed by atoms with van der Waals surface area (Å²) in [5.74, 6) is 0. The molecule has 1 radical (unpaired) electrons. The SMILES string of the molecule is Clc1cc[c-]cc1.[Y]. The quantitative estimate of drug-likeness (QED) is 0.563. The van der Waals surface area contributed by atoms with Crippen molar-refractivity contribution in [1.29, 1.82) is 0 Å². The van der Waals surface area contributed by atoms with Crippen LogP contribution in [-0.2, 0) is 32.7 Å². The molecule has 0 amide bonds. The van der Waals surface area contributed by atoms with Crippen molar-refractivity contribution in [2.75, 3.05) is 0 Å². The predicted molar refractivity (Wildman–Crippen MR) is 30.3 cm³/mol. The van der Waals surface area contributed by atoms with Gasteiger partial charge < -0.3 is 0 Å². The van der Waals surface area contributed by atoms with Crippen molar-refractivity contribution in [3.63, 3.8) is 0 Å². The molecule has 0 heterocycles. The van der Waals surface area contributed by atoms with Crippen molar-refractivity contribution in [3.8, 4) is 0 Å². The average Bonchev–Trinajstić information content (AvgIpc) is 1.69. The monoisotopic (exact) mass is 200 g/mol. The Bertz CT molecular complexity index is 138. The van der Waals surface area contributed by atoms with Crippen LogP contribution in [0.3, 0.4) is 0 Å². The summed E-state index contributed by atoms with van der Waals surface area (Å²) in [6.45, 7) is 0. The summed E-state index contributed by atoms with van der Waals surface area (Å²) < 4.78 is 0. The molecule has 0 aliphatic rings. The molecule has 0 aliphatic heterocycles. The minimum Gasteiger partial charge on any atom is -0.184 e. The van der Waals surface area contributed by atoms with E-state index in [4.69, 9.17) is 11.6 Å². The summed E-state index contributed by atoms with van der Waals surface area (Å²) in [6, 6.07) is 10.00. The van der Waals surface area contributed by atoms with Crippen molar-refractivity contribution in [2.24, 2.45) is 0 Å². The molecule has 0 fully saturated rings. The second-order valence-electron chi connectivity index (χ2n) is 1.22. The van der Waals surface area contributed by atoms with Gasteiger partial charge in [0.05, 0.1) is 0 Å². The average molecular weight is 200 g/mol. The second kappa shape index (κ2) is 4.49. The van der Waals surface area contributed by atoms with E-state index in [0.717, 1.165) is 5.02 Å². The van der Waals surface area contributed by atoms with Crippen LogP contribution in [0.25, 0.3) is 0 Å². The van der Waals surface area contributed by atoms with Gasteiger partial charge in [0, 0.05) is 32.7 Å². The molecule has 0 aliphatic carbocycles. The Balaban J connectivity index is 0.000000490. The summed E-state index contributed by atoms with van der Waals surface area (Å²) in [5.41, 5.74) is 0. The maximum atomic E-state index is 5.52. The first kappa shape index (κ1) is 8.61. The van der Waals surface area contributed by atoms with Crippen LogP contribution in [0.1, 0.15) is 0 Å².